The molecule has 0 bridgehead atoms. The van der Waals surface area contributed by atoms with E-state index < -0.39 is 0 Å². The first-order valence-corrected chi connectivity index (χ1v) is 7.79. The molecule has 0 fully saturated rings. The van der Waals surface area contributed by atoms with Crippen LogP contribution in [-0.2, 0) is 4.79 Å². The van der Waals surface area contributed by atoms with Gasteiger partial charge in [-0.2, -0.15) is 0 Å². The predicted octanol–water partition coefficient (Wildman–Crippen LogP) is 4.56. The molecule has 1 unspecified atom stereocenters. The zero-order valence-electron chi connectivity index (χ0n) is 13.5. The second kappa shape index (κ2) is 7.64. The molecule has 2 N–H and O–H groups in total. The van der Waals surface area contributed by atoms with Gasteiger partial charge in [0.25, 0.3) is 0 Å². The average molecular weight is 296 g/mol. The van der Waals surface area contributed by atoms with Crippen molar-refractivity contribution in [3.8, 4) is 0 Å². The van der Waals surface area contributed by atoms with Crippen molar-refractivity contribution in [1.29, 1.82) is 0 Å². The highest BCUT2D eigenvalue weighted by Crippen LogP contribution is 2.20. The quantitative estimate of drug-likeness (QED) is 0.820. The number of anilines is 2. The van der Waals surface area contributed by atoms with Crippen molar-refractivity contribution in [3.05, 3.63) is 59.7 Å². The van der Waals surface area contributed by atoms with Gasteiger partial charge in [0, 0.05) is 11.4 Å². The molecule has 116 valence electrons. The predicted molar refractivity (Wildman–Crippen MR) is 93.4 cm³/mol. The number of nitrogens with one attached hydrogen (secondary N) is 2. The van der Waals surface area contributed by atoms with Crippen molar-refractivity contribution in [1.82, 2.24) is 0 Å². The molecule has 0 aliphatic rings. The minimum Gasteiger partial charge on any atom is -0.376 e. The van der Waals surface area contributed by atoms with E-state index >= 15 is 0 Å². The van der Waals surface area contributed by atoms with E-state index in [0.717, 1.165) is 17.8 Å². The minimum absolute atomic E-state index is 0.0437. The SMILES string of the molecule is CCC(C)c1ccc(NC(=O)CNc2cccc(C)c2)cc1. The van der Waals surface area contributed by atoms with Crippen LogP contribution in [0.5, 0.6) is 0 Å². The largest absolute Gasteiger partial charge is 0.376 e. The molecule has 0 aliphatic carbocycles. The van der Waals surface area contributed by atoms with Crippen LogP contribution in [0.25, 0.3) is 0 Å². The molecule has 0 saturated carbocycles. The summed E-state index contributed by atoms with van der Waals surface area (Å²) in [5.41, 5.74) is 4.27. The Balaban J connectivity index is 1.86. The van der Waals surface area contributed by atoms with Crippen LogP contribution in [-0.4, -0.2) is 12.5 Å². The van der Waals surface area contributed by atoms with Gasteiger partial charge < -0.3 is 10.6 Å². The monoisotopic (exact) mass is 296 g/mol. The molecule has 0 spiro atoms. The van der Waals surface area contributed by atoms with Gasteiger partial charge in [-0.25, -0.2) is 0 Å². The fourth-order valence-electron chi connectivity index (χ4n) is 2.27. The summed E-state index contributed by atoms with van der Waals surface area (Å²) in [4.78, 5) is 12.0. The Morgan fingerprint density at radius 3 is 2.45 bits per heavy atom. The van der Waals surface area contributed by atoms with Crippen molar-refractivity contribution in [2.24, 2.45) is 0 Å². The summed E-state index contributed by atoms with van der Waals surface area (Å²) in [5.74, 6) is 0.505. The second-order valence-corrected chi connectivity index (χ2v) is 5.70. The summed E-state index contributed by atoms with van der Waals surface area (Å²) in [6, 6.07) is 16.1. The Morgan fingerprint density at radius 2 is 1.82 bits per heavy atom. The van der Waals surface area contributed by atoms with Crippen molar-refractivity contribution < 1.29 is 4.79 Å². The highest BCUT2D eigenvalue weighted by Gasteiger charge is 2.05. The molecule has 0 heterocycles. The lowest BCUT2D eigenvalue weighted by molar-refractivity contribution is -0.114. The van der Waals surface area contributed by atoms with Crippen LogP contribution in [0.15, 0.2) is 48.5 Å². The number of aryl methyl sites for hydroxylation is 1. The Hall–Kier alpha value is -2.29. The third-order valence-electron chi connectivity index (χ3n) is 3.85. The molecule has 2 aromatic rings. The molecule has 3 nitrogen and oxygen atoms in total. The van der Waals surface area contributed by atoms with Gasteiger partial charge >= 0.3 is 0 Å². The van der Waals surface area contributed by atoms with Crippen molar-refractivity contribution >= 4 is 17.3 Å². The van der Waals surface area contributed by atoms with Gasteiger partial charge in [0.2, 0.25) is 5.91 Å². The van der Waals surface area contributed by atoms with Crippen LogP contribution in [0.1, 0.15) is 37.3 Å². The number of rotatable bonds is 6. The summed E-state index contributed by atoms with van der Waals surface area (Å²) < 4.78 is 0. The van der Waals surface area contributed by atoms with Crippen LogP contribution in [0.4, 0.5) is 11.4 Å². The van der Waals surface area contributed by atoms with Gasteiger partial charge in [0.1, 0.15) is 0 Å². The second-order valence-electron chi connectivity index (χ2n) is 5.70. The number of hydrogen-bond acceptors (Lipinski definition) is 2. The molecule has 0 saturated heterocycles. The highest BCUT2D eigenvalue weighted by molar-refractivity contribution is 5.93. The van der Waals surface area contributed by atoms with Crippen LogP contribution >= 0.6 is 0 Å². The molecular weight excluding hydrogens is 272 g/mol. The third-order valence-corrected chi connectivity index (χ3v) is 3.85. The number of carbonyl (C=O) groups excluding carboxylic acids is 1. The summed E-state index contributed by atoms with van der Waals surface area (Å²) in [6.45, 7) is 6.68. The maximum Gasteiger partial charge on any atom is 0.243 e. The van der Waals surface area contributed by atoms with Crippen molar-refractivity contribution in [3.63, 3.8) is 0 Å². The van der Waals surface area contributed by atoms with Crippen LogP contribution < -0.4 is 10.6 Å². The molecule has 0 aliphatic heterocycles. The molecule has 22 heavy (non-hydrogen) atoms. The highest BCUT2D eigenvalue weighted by atomic mass is 16.1. The standard InChI is InChI=1S/C19H24N2O/c1-4-15(3)16-8-10-17(11-9-16)21-19(22)13-20-18-7-5-6-14(2)12-18/h5-12,15,20H,4,13H2,1-3H3,(H,21,22). The molecule has 3 heteroatoms. The minimum atomic E-state index is -0.0437. The van der Waals surface area contributed by atoms with Crippen LogP contribution in [0.3, 0.4) is 0 Å². The molecule has 0 radical (unpaired) electrons. The lowest BCUT2D eigenvalue weighted by Gasteiger charge is -2.11. The maximum atomic E-state index is 12.0. The lowest BCUT2D eigenvalue weighted by Crippen LogP contribution is -2.21. The van der Waals surface area contributed by atoms with Crippen LogP contribution in [0.2, 0.25) is 0 Å². The van der Waals surface area contributed by atoms with E-state index in [2.05, 4.69) is 36.6 Å². The Labute approximate surface area is 132 Å². The summed E-state index contributed by atoms with van der Waals surface area (Å²) in [7, 11) is 0. The summed E-state index contributed by atoms with van der Waals surface area (Å²) in [5, 5.41) is 6.04. The van der Waals surface area contributed by atoms with E-state index in [0.29, 0.717) is 5.92 Å². The summed E-state index contributed by atoms with van der Waals surface area (Å²) in [6.07, 6.45) is 1.12. The van der Waals surface area contributed by atoms with Gasteiger partial charge in [-0.05, 0) is 54.7 Å². The number of benzene rings is 2. The Kier molecular flexibility index (Phi) is 5.59. The van der Waals surface area contributed by atoms with Crippen molar-refractivity contribution in [2.75, 3.05) is 17.2 Å². The molecule has 1 atom stereocenters. The van der Waals surface area contributed by atoms with E-state index in [4.69, 9.17) is 0 Å². The molecular formula is C19H24N2O. The first kappa shape index (κ1) is 16.1. The lowest BCUT2D eigenvalue weighted by atomic mass is 9.99. The van der Waals surface area contributed by atoms with E-state index in [1.54, 1.807) is 0 Å². The van der Waals surface area contributed by atoms with Gasteiger partial charge in [-0.3, -0.25) is 4.79 Å². The van der Waals surface area contributed by atoms with Gasteiger partial charge in [-0.1, -0.05) is 38.1 Å². The fourth-order valence-corrected chi connectivity index (χ4v) is 2.27. The smallest absolute Gasteiger partial charge is 0.243 e. The summed E-state index contributed by atoms with van der Waals surface area (Å²) >= 11 is 0. The average Bonchev–Trinajstić information content (AvgIpc) is 2.53. The zero-order valence-corrected chi connectivity index (χ0v) is 13.5. The Bertz CT molecular complexity index is 620. The van der Waals surface area contributed by atoms with Crippen molar-refractivity contribution in [2.45, 2.75) is 33.1 Å². The molecule has 2 aromatic carbocycles. The van der Waals surface area contributed by atoms with Crippen LogP contribution in [0, 0.1) is 6.92 Å². The molecule has 1 amide bonds. The zero-order chi connectivity index (χ0) is 15.9. The van der Waals surface area contributed by atoms with E-state index in [9.17, 15) is 4.79 Å². The first-order valence-electron chi connectivity index (χ1n) is 7.79. The third kappa shape index (κ3) is 4.62. The van der Waals surface area contributed by atoms with Gasteiger partial charge in [-0.15, -0.1) is 0 Å². The number of carbonyl (C=O) groups is 1. The van der Waals surface area contributed by atoms with Gasteiger partial charge in [0.15, 0.2) is 0 Å². The van der Waals surface area contributed by atoms with E-state index in [-0.39, 0.29) is 12.5 Å². The maximum absolute atomic E-state index is 12.0. The fraction of sp³-hybridized carbons (Fsp3) is 0.316. The van der Waals surface area contributed by atoms with Gasteiger partial charge in [0.05, 0.1) is 6.54 Å². The first-order chi connectivity index (χ1) is 10.6. The topological polar surface area (TPSA) is 41.1 Å². The van der Waals surface area contributed by atoms with E-state index in [1.165, 1.54) is 11.1 Å². The van der Waals surface area contributed by atoms with E-state index in [1.807, 2.05) is 43.3 Å². The molecule has 2 rings (SSSR count). The normalized spacial score (nSPS) is 11.8. The number of hydrogen-bond donors (Lipinski definition) is 2. The molecule has 0 aromatic heterocycles. The number of amides is 1. The Morgan fingerprint density at radius 1 is 1.09 bits per heavy atom.